The van der Waals surface area contributed by atoms with Crippen molar-refractivity contribution in [1.29, 1.82) is 0 Å². The minimum atomic E-state index is -0.382. The topological polar surface area (TPSA) is 70.2 Å². The van der Waals surface area contributed by atoms with Crippen molar-refractivity contribution in [2.24, 2.45) is 0 Å². The number of hydrogen-bond acceptors (Lipinski definition) is 4. The van der Waals surface area contributed by atoms with E-state index in [4.69, 9.17) is 0 Å². The van der Waals surface area contributed by atoms with Gasteiger partial charge in [-0.05, 0) is 26.0 Å². The number of ketones is 1. The SMILES string of the molecule is C=CCNC(C)C(=O)Nc1ccccc1C(=O)C(C)NCC=C. The molecule has 0 heterocycles. The maximum atomic E-state index is 12.5. The van der Waals surface area contributed by atoms with Gasteiger partial charge in [0.05, 0.1) is 17.8 Å². The number of nitrogens with one attached hydrogen (secondary N) is 3. The van der Waals surface area contributed by atoms with Gasteiger partial charge < -0.3 is 16.0 Å². The predicted octanol–water partition coefficient (Wildman–Crippen LogP) is 2.14. The molecule has 0 saturated heterocycles. The summed E-state index contributed by atoms with van der Waals surface area (Å²) >= 11 is 0. The first-order valence-corrected chi connectivity index (χ1v) is 7.64. The Balaban J connectivity index is 2.84. The van der Waals surface area contributed by atoms with E-state index in [1.165, 1.54) is 0 Å². The van der Waals surface area contributed by atoms with Crippen molar-refractivity contribution in [3.63, 3.8) is 0 Å². The second-order valence-electron chi connectivity index (χ2n) is 5.24. The van der Waals surface area contributed by atoms with Gasteiger partial charge in [-0.1, -0.05) is 24.3 Å². The number of rotatable bonds is 10. The quantitative estimate of drug-likeness (QED) is 0.457. The zero-order chi connectivity index (χ0) is 17.2. The molecule has 1 rings (SSSR count). The molecule has 1 amide bonds. The van der Waals surface area contributed by atoms with Crippen molar-refractivity contribution in [2.45, 2.75) is 25.9 Å². The fourth-order valence-corrected chi connectivity index (χ4v) is 1.99. The number of benzene rings is 1. The first kappa shape index (κ1) is 18.8. The summed E-state index contributed by atoms with van der Waals surface area (Å²) in [6.07, 6.45) is 3.39. The minimum absolute atomic E-state index is 0.0746. The molecular weight excluding hydrogens is 290 g/mol. The third kappa shape index (κ3) is 5.81. The van der Waals surface area contributed by atoms with E-state index < -0.39 is 0 Å². The highest BCUT2D eigenvalue weighted by molar-refractivity contribution is 6.07. The van der Waals surface area contributed by atoms with Gasteiger partial charge in [0, 0.05) is 18.7 Å². The average molecular weight is 315 g/mol. The van der Waals surface area contributed by atoms with Gasteiger partial charge in [0.25, 0.3) is 0 Å². The molecule has 5 nitrogen and oxygen atoms in total. The minimum Gasteiger partial charge on any atom is -0.324 e. The van der Waals surface area contributed by atoms with Gasteiger partial charge in [0.2, 0.25) is 5.91 Å². The molecule has 2 unspecified atom stereocenters. The Labute approximate surface area is 137 Å². The zero-order valence-corrected chi connectivity index (χ0v) is 13.8. The van der Waals surface area contributed by atoms with E-state index in [2.05, 4.69) is 29.1 Å². The molecule has 0 saturated carbocycles. The molecule has 124 valence electrons. The molecule has 0 aliphatic carbocycles. The van der Waals surface area contributed by atoms with Gasteiger partial charge >= 0.3 is 0 Å². The van der Waals surface area contributed by atoms with E-state index in [0.717, 1.165) is 0 Å². The molecule has 23 heavy (non-hydrogen) atoms. The average Bonchev–Trinajstić information content (AvgIpc) is 2.57. The third-order valence-corrected chi connectivity index (χ3v) is 3.37. The molecule has 0 fully saturated rings. The Morgan fingerprint density at radius 3 is 2.22 bits per heavy atom. The molecule has 0 aliphatic rings. The van der Waals surface area contributed by atoms with Crippen LogP contribution in [0.2, 0.25) is 0 Å². The molecule has 0 radical (unpaired) electrons. The van der Waals surface area contributed by atoms with E-state index in [1.807, 2.05) is 0 Å². The number of para-hydroxylation sites is 1. The van der Waals surface area contributed by atoms with Gasteiger partial charge in [-0.25, -0.2) is 0 Å². The van der Waals surface area contributed by atoms with Crippen molar-refractivity contribution in [3.05, 3.63) is 55.1 Å². The smallest absolute Gasteiger partial charge is 0.241 e. The Morgan fingerprint density at radius 1 is 1.04 bits per heavy atom. The van der Waals surface area contributed by atoms with Crippen LogP contribution in [0.3, 0.4) is 0 Å². The van der Waals surface area contributed by atoms with Crippen molar-refractivity contribution in [3.8, 4) is 0 Å². The molecule has 5 heteroatoms. The Hall–Kier alpha value is -2.24. The number of hydrogen-bond donors (Lipinski definition) is 3. The van der Waals surface area contributed by atoms with Gasteiger partial charge in [0.15, 0.2) is 5.78 Å². The van der Waals surface area contributed by atoms with Crippen LogP contribution in [0, 0.1) is 0 Å². The molecule has 2 atom stereocenters. The lowest BCUT2D eigenvalue weighted by Crippen LogP contribution is -2.39. The first-order valence-electron chi connectivity index (χ1n) is 7.64. The highest BCUT2D eigenvalue weighted by Crippen LogP contribution is 2.17. The van der Waals surface area contributed by atoms with Gasteiger partial charge in [-0.2, -0.15) is 0 Å². The Bertz CT molecular complexity index is 569. The van der Waals surface area contributed by atoms with Gasteiger partial charge in [0.1, 0.15) is 0 Å². The standard InChI is InChI=1S/C18H25N3O2/c1-5-11-19-13(3)17(22)15-9-7-8-10-16(15)21-18(23)14(4)20-12-6-2/h5-10,13-14,19-20H,1-2,11-12H2,3-4H3,(H,21,23). The van der Waals surface area contributed by atoms with Crippen LogP contribution in [-0.2, 0) is 4.79 Å². The fourth-order valence-electron chi connectivity index (χ4n) is 1.99. The summed E-state index contributed by atoms with van der Waals surface area (Å²) in [6, 6.07) is 6.27. The van der Waals surface area contributed by atoms with Crippen LogP contribution in [0.1, 0.15) is 24.2 Å². The first-order chi connectivity index (χ1) is 11.0. The summed E-state index contributed by atoms with van der Waals surface area (Å²) in [6.45, 7) is 11.9. The number of amides is 1. The predicted molar refractivity (Wildman–Crippen MR) is 94.7 cm³/mol. The summed E-state index contributed by atoms with van der Waals surface area (Å²) in [7, 11) is 0. The van der Waals surface area contributed by atoms with Crippen molar-refractivity contribution in [2.75, 3.05) is 18.4 Å². The second kappa shape index (κ2) is 9.71. The molecule has 0 aromatic heterocycles. The Kier molecular flexibility index (Phi) is 7.94. The van der Waals surface area contributed by atoms with Crippen LogP contribution < -0.4 is 16.0 Å². The lowest BCUT2D eigenvalue weighted by atomic mass is 10.0. The largest absolute Gasteiger partial charge is 0.324 e. The molecule has 3 N–H and O–H groups in total. The zero-order valence-electron chi connectivity index (χ0n) is 13.8. The van der Waals surface area contributed by atoms with E-state index in [1.54, 1.807) is 50.3 Å². The molecule has 0 bridgehead atoms. The van der Waals surface area contributed by atoms with E-state index in [9.17, 15) is 9.59 Å². The summed E-state index contributed by atoms with van der Waals surface area (Å²) in [5, 5.41) is 8.88. The molecule has 1 aromatic carbocycles. The van der Waals surface area contributed by atoms with E-state index >= 15 is 0 Å². The Morgan fingerprint density at radius 2 is 1.61 bits per heavy atom. The second-order valence-corrected chi connectivity index (χ2v) is 5.24. The summed E-state index contributed by atoms with van der Waals surface area (Å²) in [4.78, 5) is 24.7. The third-order valence-electron chi connectivity index (χ3n) is 3.37. The van der Waals surface area contributed by atoms with Crippen LogP contribution in [-0.4, -0.2) is 36.9 Å². The molecular formula is C18H25N3O2. The monoisotopic (exact) mass is 315 g/mol. The van der Waals surface area contributed by atoms with Gasteiger partial charge in [-0.15, -0.1) is 13.2 Å². The van der Waals surface area contributed by atoms with Crippen molar-refractivity contribution >= 4 is 17.4 Å². The van der Waals surface area contributed by atoms with Crippen molar-refractivity contribution < 1.29 is 9.59 Å². The van der Waals surface area contributed by atoms with E-state index in [0.29, 0.717) is 24.3 Å². The summed E-state index contributed by atoms with van der Waals surface area (Å²) < 4.78 is 0. The van der Waals surface area contributed by atoms with Crippen molar-refractivity contribution in [1.82, 2.24) is 10.6 Å². The number of carbonyl (C=O) groups excluding carboxylic acids is 2. The lowest BCUT2D eigenvalue weighted by molar-refractivity contribution is -0.117. The normalized spacial score (nSPS) is 13.0. The molecule has 1 aromatic rings. The van der Waals surface area contributed by atoms with Gasteiger partial charge in [-0.3, -0.25) is 9.59 Å². The number of Topliss-reactive ketones (excluding diaryl/α,β-unsaturated/α-hetero) is 1. The number of carbonyl (C=O) groups is 2. The maximum Gasteiger partial charge on any atom is 0.241 e. The fraction of sp³-hybridized carbons (Fsp3) is 0.333. The van der Waals surface area contributed by atoms with Crippen LogP contribution in [0.15, 0.2) is 49.6 Å². The van der Waals surface area contributed by atoms with Crippen LogP contribution in [0.25, 0.3) is 0 Å². The maximum absolute atomic E-state index is 12.5. The van der Waals surface area contributed by atoms with Crippen LogP contribution in [0.4, 0.5) is 5.69 Å². The van der Waals surface area contributed by atoms with E-state index in [-0.39, 0.29) is 23.8 Å². The summed E-state index contributed by atoms with van der Waals surface area (Å²) in [5.41, 5.74) is 1.00. The lowest BCUT2D eigenvalue weighted by Gasteiger charge is -2.17. The molecule has 0 aliphatic heterocycles. The highest BCUT2D eigenvalue weighted by atomic mass is 16.2. The van der Waals surface area contributed by atoms with Crippen LogP contribution >= 0.6 is 0 Å². The molecule has 0 spiro atoms. The highest BCUT2D eigenvalue weighted by Gasteiger charge is 2.19. The summed E-state index contributed by atoms with van der Waals surface area (Å²) in [5.74, 6) is -0.270. The number of anilines is 1. The van der Waals surface area contributed by atoms with Crippen LogP contribution in [0.5, 0.6) is 0 Å².